The highest BCUT2D eigenvalue weighted by Gasteiger charge is 2.04. The molecule has 0 amide bonds. The minimum absolute atomic E-state index is 0.749. The summed E-state index contributed by atoms with van der Waals surface area (Å²) in [5, 5.41) is 3.36. The number of thioether (sulfide) groups is 1. The molecule has 1 rings (SSSR count). The monoisotopic (exact) mass is 117 g/mol. The molecule has 1 atom stereocenters. The number of hydrogen-bond acceptors (Lipinski definition) is 2. The molecule has 1 heterocycles. The molecule has 7 heavy (non-hydrogen) atoms. The maximum absolute atomic E-state index is 3.36. The first-order valence-electron chi connectivity index (χ1n) is 2.71. The zero-order chi connectivity index (χ0) is 5.11. The molecule has 0 unspecified atom stereocenters. The number of nitrogens with one attached hydrogen (secondary N) is 1. The third-order valence-corrected chi connectivity index (χ3v) is 2.34. The Morgan fingerprint density at radius 1 is 1.71 bits per heavy atom. The minimum Gasteiger partial charge on any atom is -0.313 e. The van der Waals surface area contributed by atoms with Gasteiger partial charge in [0.2, 0.25) is 0 Å². The Balaban J connectivity index is 2.12. The summed E-state index contributed by atoms with van der Waals surface area (Å²) in [5.41, 5.74) is 0. The van der Waals surface area contributed by atoms with Gasteiger partial charge in [0.1, 0.15) is 0 Å². The summed E-state index contributed by atoms with van der Waals surface area (Å²) in [6.07, 6.45) is 0. The molecule has 1 aliphatic rings. The van der Waals surface area contributed by atoms with Gasteiger partial charge in [0, 0.05) is 24.1 Å². The van der Waals surface area contributed by atoms with Crippen LogP contribution in [0.3, 0.4) is 0 Å². The second-order valence-electron chi connectivity index (χ2n) is 1.93. The summed E-state index contributed by atoms with van der Waals surface area (Å²) >= 11 is 2.04. The third kappa shape index (κ3) is 1.70. The molecular formula is C5H11NS. The van der Waals surface area contributed by atoms with E-state index in [0.29, 0.717) is 0 Å². The normalized spacial score (nSPS) is 33.0. The molecule has 0 aliphatic carbocycles. The zero-order valence-corrected chi connectivity index (χ0v) is 5.42. The van der Waals surface area contributed by atoms with Gasteiger partial charge in [0.15, 0.2) is 0 Å². The van der Waals surface area contributed by atoms with Gasteiger partial charge in [-0.05, 0) is 6.92 Å². The Bertz CT molecular complexity index is 50.0. The van der Waals surface area contributed by atoms with E-state index in [4.69, 9.17) is 0 Å². The average molecular weight is 117 g/mol. The van der Waals surface area contributed by atoms with Crippen molar-refractivity contribution in [1.82, 2.24) is 5.32 Å². The van der Waals surface area contributed by atoms with E-state index in [1.807, 2.05) is 11.8 Å². The zero-order valence-electron chi connectivity index (χ0n) is 4.61. The Labute approximate surface area is 48.9 Å². The van der Waals surface area contributed by atoms with Gasteiger partial charge >= 0.3 is 0 Å². The fourth-order valence-electron chi connectivity index (χ4n) is 0.697. The van der Waals surface area contributed by atoms with Gasteiger partial charge in [-0.15, -0.1) is 0 Å². The quantitative estimate of drug-likeness (QED) is 0.501. The van der Waals surface area contributed by atoms with Crippen molar-refractivity contribution < 1.29 is 0 Å². The molecule has 42 valence electrons. The topological polar surface area (TPSA) is 12.0 Å². The van der Waals surface area contributed by atoms with E-state index in [9.17, 15) is 0 Å². The van der Waals surface area contributed by atoms with Crippen LogP contribution in [-0.2, 0) is 0 Å². The summed E-state index contributed by atoms with van der Waals surface area (Å²) in [5.74, 6) is 2.59. The van der Waals surface area contributed by atoms with E-state index in [1.54, 1.807) is 0 Å². The third-order valence-electron chi connectivity index (χ3n) is 1.11. The molecule has 1 N–H and O–H groups in total. The van der Waals surface area contributed by atoms with E-state index >= 15 is 0 Å². The van der Waals surface area contributed by atoms with Crippen LogP contribution in [0.5, 0.6) is 0 Å². The van der Waals surface area contributed by atoms with Crippen molar-refractivity contribution in [2.45, 2.75) is 13.0 Å². The van der Waals surface area contributed by atoms with E-state index in [0.717, 1.165) is 6.04 Å². The van der Waals surface area contributed by atoms with Gasteiger partial charge in [-0.25, -0.2) is 0 Å². The summed E-state index contributed by atoms with van der Waals surface area (Å²) in [4.78, 5) is 0. The maximum Gasteiger partial charge on any atom is 0.0130 e. The largest absolute Gasteiger partial charge is 0.313 e. The van der Waals surface area contributed by atoms with Crippen LogP contribution in [0.25, 0.3) is 0 Å². The fourth-order valence-corrected chi connectivity index (χ4v) is 1.60. The standard InChI is InChI=1S/C5H11NS/c1-5-4-7-3-2-6-5/h5-6H,2-4H2,1H3/t5-/m0/s1. The van der Waals surface area contributed by atoms with Crippen molar-refractivity contribution >= 4 is 11.8 Å². The van der Waals surface area contributed by atoms with E-state index in [1.165, 1.54) is 18.1 Å². The fraction of sp³-hybridized carbons (Fsp3) is 1.00. The Hall–Kier alpha value is 0.310. The minimum atomic E-state index is 0.749. The lowest BCUT2D eigenvalue weighted by Gasteiger charge is -2.17. The van der Waals surface area contributed by atoms with Gasteiger partial charge in [-0.3, -0.25) is 0 Å². The van der Waals surface area contributed by atoms with Crippen LogP contribution in [0, 0.1) is 0 Å². The van der Waals surface area contributed by atoms with Crippen LogP contribution in [0.4, 0.5) is 0 Å². The lowest BCUT2D eigenvalue weighted by Crippen LogP contribution is -2.34. The predicted octanol–water partition coefficient (Wildman–Crippen LogP) is 0.711. The van der Waals surface area contributed by atoms with Crippen molar-refractivity contribution in [3.63, 3.8) is 0 Å². The molecule has 0 spiro atoms. The van der Waals surface area contributed by atoms with Gasteiger partial charge in [-0.2, -0.15) is 11.8 Å². The SMILES string of the molecule is C[C@H]1CSCCN1. The molecule has 1 saturated heterocycles. The lowest BCUT2D eigenvalue weighted by atomic mass is 10.4. The molecule has 1 fully saturated rings. The Morgan fingerprint density at radius 3 is 2.86 bits per heavy atom. The van der Waals surface area contributed by atoms with Crippen molar-refractivity contribution in [1.29, 1.82) is 0 Å². The first-order valence-corrected chi connectivity index (χ1v) is 3.86. The van der Waals surface area contributed by atoms with Gasteiger partial charge in [0.05, 0.1) is 0 Å². The van der Waals surface area contributed by atoms with E-state index in [-0.39, 0.29) is 0 Å². The van der Waals surface area contributed by atoms with Crippen molar-refractivity contribution in [2.24, 2.45) is 0 Å². The van der Waals surface area contributed by atoms with Gasteiger partial charge in [0.25, 0.3) is 0 Å². The molecule has 1 nitrogen and oxygen atoms in total. The van der Waals surface area contributed by atoms with Gasteiger partial charge < -0.3 is 5.32 Å². The van der Waals surface area contributed by atoms with Crippen LogP contribution < -0.4 is 5.32 Å². The molecular weight excluding hydrogens is 106 g/mol. The van der Waals surface area contributed by atoms with Gasteiger partial charge in [-0.1, -0.05) is 0 Å². The molecule has 1 aliphatic heterocycles. The first-order chi connectivity index (χ1) is 3.39. The predicted molar refractivity (Wildman–Crippen MR) is 34.8 cm³/mol. The van der Waals surface area contributed by atoms with Crippen LogP contribution in [0.1, 0.15) is 6.92 Å². The molecule has 0 radical (unpaired) electrons. The lowest BCUT2D eigenvalue weighted by molar-refractivity contribution is 0.609. The second kappa shape index (κ2) is 2.58. The summed E-state index contributed by atoms with van der Waals surface area (Å²) in [6, 6.07) is 0.749. The number of hydrogen-bond donors (Lipinski definition) is 1. The maximum atomic E-state index is 3.36. The molecule has 0 bridgehead atoms. The highest BCUT2D eigenvalue weighted by molar-refractivity contribution is 7.99. The van der Waals surface area contributed by atoms with Crippen LogP contribution >= 0.6 is 11.8 Å². The van der Waals surface area contributed by atoms with Crippen molar-refractivity contribution in [3.8, 4) is 0 Å². The van der Waals surface area contributed by atoms with Crippen molar-refractivity contribution in [2.75, 3.05) is 18.1 Å². The Kier molecular flexibility index (Phi) is 2.00. The highest BCUT2D eigenvalue weighted by Crippen LogP contribution is 2.05. The first kappa shape index (κ1) is 5.45. The molecule has 0 saturated carbocycles. The smallest absolute Gasteiger partial charge is 0.0130 e. The van der Waals surface area contributed by atoms with Crippen LogP contribution in [0.15, 0.2) is 0 Å². The van der Waals surface area contributed by atoms with E-state index < -0.39 is 0 Å². The Morgan fingerprint density at radius 2 is 2.57 bits per heavy atom. The van der Waals surface area contributed by atoms with Crippen molar-refractivity contribution in [3.05, 3.63) is 0 Å². The molecule has 0 aromatic carbocycles. The van der Waals surface area contributed by atoms with Crippen LogP contribution in [-0.4, -0.2) is 24.1 Å². The second-order valence-corrected chi connectivity index (χ2v) is 3.08. The number of rotatable bonds is 0. The summed E-state index contributed by atoms with van der Waals surface area (Å²) in [7, 11) is 0. The summed E-state index contributed by atoms with van der Waals surface area (Å²) < 4.78 is 0. The van der Waals surface area contributed by atoms with E-state index in [2.05, 4.69) is 12.2 Å². The molecule has 0 aromatic rings. The highest BCUT2D eigenvalue weighted by atomic mass is 32.2. The van der Waals surface area contributed by atoms with Crippen LogP contribution in [0.2, 0.25) is 0 Å². The molecule has 0 aromatic heterocycles. The summed E-state index contributed by atoms with van der Waals surface area (Å²) in [6.45, 7) is 3.43. The molecule has 2 heteroatoms. The average Bonchev–Trinajstić information content (AvgIpc) is 1.69.